The average molecular weight is 501 g/mol. The quantitative estimate of drug-likeness (QED) is 0.226. The molecule has 0 saturated heterocycles. The van der Waals surface area contributed by atoms with Crippen molar-refractivity contribution in [2.24, 2.45) is 0 Å². The fourth-order valence-corrected chi connectivity index (χ4v) is 7.91. The molecule has 0 unspecified atom stereocenters. The second kappa shape index (κ2) is 8.28. The Morgan fingerprint density at radius 1 is 0.368 bits per heavy atom. The van der Waals surface area contributed by atoms with Gasteiger partial charge in [0.25, 0.3) is 0 Å². The summed E-state index contributed by atoms with van der Waals surface area (Å²) in [7, 11) is 0. The van der Waals surface area contributed by atoms with Crippen LogP contribution in [0.2, 0.25) is 0 Å². The van der Waals surface area contributed by atoms with Gasteiger partial charge in [-0.15, -0.1) is 11.3 Å². The van der Waals surface area contributed by atoms with Crippen LogP contribution in [-0.2, 0) is 5.41 Å². The Hall–Kier alpha value is -4.46. The lowest BCUT2D eigenvalue weighted by molar-refractivity contribution is 0.771. The zero-order chi connectivity index (χ0) is 25.1. The van der Waals surface area contributed by atoms with Gasteiger partial charge in [0.05, 0.1) is 5.41 Å². The standard InChI is InChI=1S/C37H24S/c1-2-13-25(14-3-1)37(32-21-8-4-15-26(32)27-16-5-9-22-33(27)37)34-23-10-6-17-28(34)30-19-12-20-31-29-18-7-11-24-35(29)38-36(30)31/h1-24H. The van der Waals surface area contributed by atoms with Crippen LogP contribution in [0.25, 0.3) is 42.4 Å². The minimum Gasteiger partial charge on any atom is -0.135 e. The first-order valence-corrected chi connectivity index (χ1v) is 13.9. The van der Waals surface area contributed by atoms with E-state index in [2.05, 4.69) is 146 Å². The minimum atomic E-state index is -0.413. The van der Waals surface area contributed by atoms with Crippen molar-refractivity contribution in [3.8, 4) is 22.3 Å². The Labute approximate surface area is 226 Å². The van der Waals surface area contributed by atoms with Crippen LogP contribution in [0, 0.1) is 0 Å². The summed E-state index contributed by atoms with van der Waals surface area (Å²) >= 11 is 1.90. The highest BCUT2D eigenvalue weighted by molar-refractivity contribution is 7.26. The molecule has 0 saturated carbocycles. The van der Waals surface area contributed by atoms with Gasteiger partial charge in [-0.25, -0.2) is 0 Å². The lowest BCUT2D eigenvalue weighted by Gasteiger charge is -2.35. The molecular formula is C37H24S. The van der Waals surface area contributed by atoms with Gasteiger partial charge in [0.15, 0.2) is 0 Å². The van der Waals surface area contributed by atoms with Crippen LogP contribution in [-0.4, -0.2) is 0 Å². The van der Waals surface area contributed by atoms with Gasteiger partial charge in [-0.05, 0) is 50.6 Å². The summed E-state index contributed by atoms with van der Waals surface area (Å²) in [5.74, 6) is 0. The van der Waals surface area contributed by atoms with E-state index in [4.69, 9.17) is 0 Å². The molecule has 7 aromatic rings. The number of hydrogen-bond acceptors (Lipinski definition) is 1. The van der Waals surface area contributed by atoms with Crippen molar-refractivity contribution in [1.29, 1.82) is 0 Å². The smallest absolute Gasteiger partial charge is 0.0719 e. The predicted octanol–water partition coefficient (Wildman–Crippen LogP) is 10.1. The maximum Gasteiger partial charge on any atom is 0.0719 e. The third-order valence-electron chi connectivity index (χ3n) is 8.18. The second-order valence-electron chi connectivity index (χ2n) is 10.0. The maximum atomic E-state index is 2.35. The monoisotopic (exact) mass is 500 g/mol. The van der Waals surface area contributed by atoms with Crippen LogP contribution < -0.4 is 0 Å². The minimum absolute atomic E-state index is 0.413. The third kappa shape index (κ3) is 2.85. The number of thiophene rings is 1. The van der Waals surface area contributed by atoms with E-state index in [1.165, 1.54) is 64.7 Å². The van der Waals surface area contributed by atoms with Crippen molar-refractivity contribution in [2.75, 3.05) is 0 Å². The number of fused-ring (bicyclic) bond motifs is 6. The Kier molecular flexibility index (Phi) is 4.71. The van der Waals surface area contributed by atoms with E-state index < -0.39 is 5.41 Å². The van der Waals surface area contributed by atoms with Crippen LogP contribution >= 0.6 is 11.3 Å². The van der Waals surface area contributed by atoms with Gasteiger partial charge in [0.1, 0.15) is 0 Å². The maximum absolute atomic E-state index is 2.35. The Morgan fingerprint density at radius 3 is 1.50 bits per heavy atom. The average Bonchev–Trinajstić information content (AvgIpc) is 3.52. The molecule has 0 bridgehead atoms. The first kappa shape index (κ1) is 21.6. The van der Waals surface area contributed by atoms with E-state index in [1.54, 1.807) is 0 Å². The van der Waals surface area contributed by atoms with Gasteiger partial charge >= 0.3 is 0 Å². The zero-order valence-corrected chi connectivity index (χ0v) is 21.6. The molecule has 0 aliphatic heterocycles. The molecule has 0 radical (unpaired) electrons. The molecule has 1 heteroatoms. The topological polar surface area (TPSA) is 0 Å². The van der Waals surface area contributed by atoms with E-state index in [0.29, 0.717) is 0 Å². The van der Waals surface area contributed by atoms with Crippen molar-refractivity contribution in [1.82, 2.24) is 0 Å². The van der Waals surface area contributed by atoms with E-state index in [1.807, 2.05) is 11.3 Å². The summed E-state index contributed by atoms with van der Waals surface area (Å²) in [4.78, 5) is 0. The lowest BCUT2D eigenvalue weighted by atomic mass is 9.66. The molecule has 38 heavy (non-hydrogen) atoms. The van der Waals surface area contributed by atoms with Crippen molar-refractivity contribution in [3.63, 3.8) is 0 Å². The molecule has 1 heterocycles. The molecule has 1 aliphatic rings. The molecule has 8 rings (SSSR count). The van der Waals surface area contributed by atoms with Crippen molar-refractivity contribution >= 4 is 31.5 Å². The molecule has 1 aromatic heterocycles. The Bertz CT molecular complexity index is 1930. The summed E-state index contributed by atoms with van der Waals surface area (Å²) < 4.78 is 2.69. The summed E-state index contributed by atoms with van der Waals surface area (Å²) in [5, 5.41) is 2.67. The molecule has 0 fully saturated rings. The summed E-state index contributed by atoms with van der Waals surface area (Å²) in [5.41, 5.74) is 10.2. The zero-order valence-electron chi connectivity index (χ0n) is 20.8. The highest BCUT2D eigenvalue weighted by Gasteiger charge is 2.47. The van der Waals surface area contributed by atoms with E-state index >= 15 is 0 Å². The number of hydrogen-bond donors (Lipinski definition) is 0. The molecule has 0 atom stereocenters. The third-order valence-corrected chi connectivity index (χ3v) is 9.40. The van der Waals surface area contributed by atoms with Gasteiger partial charge in [-0.3, -0.25) is 0 Å². The van der Waals surface area contributed by atoms with Crippen LogP contribution in [0.4, 0.5) is 0 Å². The predicted molar refractivity (Wildman–Crippen MR) is 162 cm³/mol. The van der Waals surface area contributed by atoms with Gasteiger partial charge in [-0.1, -0.05) is 140 Å². The van der Waals surface area contributed by atoms with E-state index in [0.717, 1.165) is 0 Å². The van der Waals surface area contributed by atoms with Crippen molar-refractivity contribution in [3.05, 3.63) is 168 Å². The van der Waals surface area contributed by atoms with Gasteiger partial charge in [0, 0.05) is 20.2 Å². The summed E-state index contributed by atoms with van der Waals surface area (Å²) in [6.07, 6.45) is 0. The molecule has 1 aliphatic carbocycles. The normalized spacial score (nSPS) is 13.5. The lowest BCUT2D eigenvalue weighted by Crippen LogP contribution is -2.29. The summed E-state index contributed by atoms with van der Waals surface area (Å²) in [6.45, 7) is 0. The molecule has 0 amide bonds. The molecule has 178 valence electrons. The number of benzene rings is 6. The highest BCUT2D eigenvalue weighted by Crippen LogP contribution is 2.58. The first-order valence-electron chi connectivity index (χ1n) is 13.1. The van der Waals surface area contributed by atoms with Crippen LogP contribution in [0.1, 0.15) is 22.3 Å². The van der Waals surface area contributed by atoms with Crippen LogP contribution in [0.15, 0.2) is 146 Å². The largest absolute Gasteiger partial charge is 0.135 e. The Balaban J connectivity index is 1.53. The van der Waals surface area contributed by atoms with Gasteiger partial charge in [0.2, 0.25) is 0 Å². The van der Waals surface area contributed by atoms with Crippen LogP contribution in [0.3, 0.4) is 0 Å². The molecule has 0 spiro atoms. The second-order valence-corrected chi connectivity index (χ2v) is 11.1. The Morgan fingerprint density at radius 2 is 0.842 bits per heavy atom. The molecule has 0 N–H and O–H groups in total. The van der Waals surface area contributed by atoms with Crippen molar-refractivity contribution in [2.45, 2.75) is 5.41 Å². The van der Waals surface area contributed by atoms with Crippen molar-refractivity contribution < 1.29 is 0 Å². The fraction of sp³-hybridized carbons (Fsp3) is 0.0270. The van der Waals surface area contributed by atoms with Crippen LogP contribution in [0.5, 0.6) is 0 Å². The van der Waals surface area contributed by atoms with Gasteiger partial charge < -0.3 is 0 Å². The number of rotatable bonds is 3. The molecule has 0 nitrogen and oxygen atoms in total. The SMILES string of the molecule is c1ccc(C2(c3ccccc3-c3cccc4c3sc3ccccc34)c3ccccc3-c3ccccc32)cc1. The van der Waals surface area contributed by atoms with E-state index in [9.17, 15) is 0 Å². The van der Waals surface area contributed by atoms with E-state index in [-0.39, 0.29) is 0 Å². The fourth-order valence-electron chi connectivity index (χ4n) is 6.68. The van der Waals surface area contributed by atoms with Gasteiger partial charge in [-0.2, -0.15) is 0 Å². The highest BCUT2D eigenvalue weighted by atomic mass is 32.1. The summed E-state index contributed by atoms with van der Waals surface area (Å²) in [6, 6.07) is 53.7. The molecular weight excluding hydrogens is 476 g/mol. The molecule has 6 aromatic carbocycles. The first-order chi connectivity index (χ1) is 18.9.